The average molecular weight is 578 g/mol. The van der Waals surface area contributed by atoms with Crippen molar-refractivity contribution in [2.75, 3.05) is 30.4 Å². The third-order valence-corrected chi connectivity index (χ3v) is 7.63. The van der Waals surface area contributed by atoms with Gasteiger partial charge in [0.1, 0.15) is 11.4 Å². The van der Waals surface area contributed by atoms with Gasteiger partial charge in [-0.05, 0) is 75.3 Å². The van der Waals surface area contributed by atoms with Gasteiger partial charge in [-0.3, -0.25) is 19.9 Å². The number of nitrogens with one attached hydrogen (secondary N) is 1. The number of alkyl halides is 2. The van der Waals surface area contributed by atoms with Crippen LogP contribution >= 0.6 is 11.3 Å². The van der Waals surface area contributed by atoms with Crippen LogP contribution < -0.4 is 15.0 Å². The van der Waals surface area contributed by atoms with E-state index in [1.54, 1.807) is 19.1 Å². The zero-order chi connectivity index (χ0) is 28.9. The minimum absolute atomic E-state index is 0.0308. The first-order chi connectivity index (χ1) is 19.8. The fraction of sp³-hybridized carbons (Fsp3) is 0.367. The molecule has 1 amide bonds. The molecule has 0 spiro atoms. The third kappa shape index (κ3) is 7.13. The summed E-state index contributed by atoms with van der Waals surface area (Å²) in [6.07, 6.45) is 4.74. The number of carbonyl (C=O) groups is 2. The summed E-state index contributed by atoms with van der Waals surface area (Å²) in [6, 6.07) is 6.58. The Morgan fingerprint density at radius 1 is 1.17 bits per heavy atom. The van der Waals surface area contributed by atoms with Crippen LogP contribution in [-0.2, 0) is 4.79 Å². The van der Waals surface area contributed by atoms with Crippen molar-refractivity contribution in [3.05, 3.63) is 58.4 Å². The van der Waals surface area contributed by atoms with Crippen LogP contribution in [0, 0.1) is 17.8 Å². The predicted octanol–water partition coefficient (Wildman–Crippen LogP) is 6.07. The highest BCUT2D eigenvalue weighted by atomic mass is 32.1. The minimum atomic E-state index is -2.80. The van der Waals surface area contributed by atoms with E-state index in [0.717, 1.165) is 49.9 Å². The van der Waals surface area contributed by atoms with E-state index in [0.29, 0.717) is 28.6 Å². The lowest BCUT2D eigenvalue weighted by Gasteiger charge is -2.24. The van der Waals surface area contributed by atoms with Gasteiger partial charge in [0.05, 0.1) is 13.3 Å². The fourth-order valence-corrected chi connectivity index (χ4v) is 5.28. The van der Waals surface area contributed by atoms with E-state index in [9.17, 15) is 18.4 Å². The smallest absolute Gasteiger partial charge is 0.280 e. The molecule has 0 unspecified atom stereocenters. The van der Waals surface area contributed by atoms with Gasteiger partial charge in [-0.2, -0.15) is 0 Å². The van der Waals surface area contributed by atoms with Gasteiger partial charge in [-0.15, -0.1) is 10.2 Å². The number of amides is 1. The van der Waals surface area contributed by atoms with Gasteiger partial charge in [0.15, 0.2) is 10.8 Å². The van der Waals surface area contributed by atoms with Crippen LogP contribution in [-0.4, -0.2) is 47.1 Å². The van der Waals surface area contributed by atoms with Gasteiger partial charge in [0.2, 0.25) is 5.13 Å². The van der Waals surface area contributed by atoms with E-state index in [2.05, 4.69) is 37.2 Å². The standard InChI is InChI=1S/C30H29F2N5O3S/c1-18(38)14-20-4-3-12-37(13-11-20)21-8-9-22(23(15-21)24-16-25(28(31)32)33-17-26(24)40-2)29(39)34-30-36-35-27(41-30)10-7-19-5-6-19/h8-9,14-17,19,28H,3-6,11-13H2,1-2H3,(H,34,36,39)/b20-14-. The number of halogens is 2. The minimum Gasteiger partial charge on any atom is -0.494 e. The third-order valence-electron chi connectivity index (χ3n) is 6.88. The van der Waals surface area contributed by atoms with Crippen LogP contribution in [0.3, 0.4) is 0 Å². The number of methoxy groups -OCH3 is 1. The Kier molecular flexibility index (Phi) is 8.69. The number of aromatic nitrogens is 3. The number of benzene rings is 1. The van der Waals surface area contributed by atoms with Crippen molar-refractivity contribution >= 4 is 33.8 Å². The van der Waals surface area contributed by atoms with E-state index in [4.69, 9.17) is 4.74 Å². The molecule has 2 aliphatic rings. The van der Waals surface area contributed by atoms with Gasteiger partial charge in [-0.1, -0.05) is 22.8 Å². The maximum atomic E-state index is 13.7. The first-order valence-electron chi connectivity index (χ1n) is 13.4. The number of carbonyl (C=O) groups excluding carboxylic acids is 2. The number of ether oxygens (including phenoxy) is 1. The summed E-state index contributed by atoms with van der Waals surface area (Å²) >= 11 is 1.17. The van der Waals surface area contributed by atoms with Crippen molar-refractivity contribution in [2.45, 2.75) is 45.5 Å². The molecule has 1 saturated heterocycles. The zero-order valence-electron chi connectivity index (χ0n) is 22.7. The van der Waals surface area contributed by atoms with Gasteiger partial charge >= 0.3 is 0 Å². The molecule has 2 fully saturated rings. The number of pyridine rings is 1. The number of ketones is 1. The summed E-state index contributed by atoms with van der Waals surface area (Å²) in [5.74, 6) is 6.35. The molecule has 2 aromatic heterocycles. The molecule has 3 heterocycles. The topological polar surface area (TPSA) is 97.3 Å². The normalized spacial score (nSPS) is 16.2. The van der Waals surface area contributed by atoms with Crippen molar-refractivity contribution in [3.8, 4) is 28.7 Å². The number of hydrogen-bond acceptors (Lipinski definition) is 8. The molecule has 0 bridgehead atoms. The Hall–Kier alpha value is -4.17. The summed E-state index contributed by atoms with van der Waals surface area (Å²) in [5, 5.41) is 11.7. The molecular weight excluding hydrogens is 548 g/mol. The highest BCUT2D eigenvalue weighted by molar-refractivity contribution is 7.15. The second-order valence-corrected chi connectivity index (χ2v) is 11.0. The molecule has 1 aromatic carbocycles. The number of anilines is 2. The van der Waals surface area contributed by atoms with Gasteiger partial charge in [0, 0.05) is 41.4 Å². The molecule has 41 heavy (non-hydrogen) atoms. The maximum Gasteiger partial charge on any atom is 0.280 e. The Balaban J connectivity index is 1.50. The van der Waals surface area contributed by atoms with E-state index < -0.39 is 18.0 Å². The summed E-state index contributed by atoms with van der Waals surface area (Å²) in [6.45, 7) is 2.96. The monoisotopic (exact) mass is 577 g/mol. The molecule has 1 N–H and O–H groups in total. The van der Waals surface area contributed by atoms with Crippen molar-refractivity contribution in [2.24, 2.45) is 5.92 Å². The molecule has 1 aliphatic heterocycles. The molecule has 212 valence electrons. The number of rotatable bonds is 7. The van der Waals surface area contributed by atoms with Crippen LogP contribution in [0.4, 0.5) is 19.6 Å². The lowest BCUT2D eigenvalue weighted by molar-refractivity contribution is -0.112. The molecule has 1 saturated carbocycles. The van der Waals surface area contributed by atoms with Crippen LogP contribution in [0.2, 0.25) is 0 Å². The number of hydrogen-bond donors (Lipinski definition) is 1. The predicted molar refractivity (Wildman–Crippen MR) is 153 cm³/mol. The second-order valence-electron chi connectivity index (χ2n) is 10.0. The van der Waals surface area contributed by atoms with Crippen LogP contribution in [0.15, 0.2) is 42.1 Å². The first kappa shape index (κ1) is 28.4. The van der Waals surface area contributed by atoms with E-state index in [1.807, 2.05) is 12.1 Å². The Morgan fingerprint density at radius 3 is 2.73 bits per heavy atom. The van der Waals surface area contributed by atoms with Gasteiger partial charge in [0.25, 0.3) is 12.3 Å². The van der Waals surface area contributed by atoms with Crippen molar-refractivity contribution in [3.63, 3.8) is 0 Å². The van der Waals surface area contributed by atoms with Crippen LogP contribution in [0.25, 0.3) is 11.1 Å². The average Bonchev–Trinajstić information content (AvgIpc) is 3.73. The van der Waals surface area contributed by atoms with Crippen LogP contribution in [0.5, 0.6) is 5.75 Å². The Labute approximate surface area is 240 Å². The summed E-state index contributed by atoms with van der Waals surface area (Å²) in [7, 11) is 1.43. The molecule has 8 nitrogen and oxygen atoms in total. The molecule has 0 radical (unpaired) electrons. The SMILES string of the molecule is COc1cnc(C(F)F)cc1-c1cc(N2CCC/C(=C/C(C)=O)CC2)ccc1C(=O)Nc1nnc(C#CC2CC2)s1. The van der Waals surface area contributed by atoms with E-state index >= 15 is 0 Å². The number of nitrogens with zero attached hydrogens (tertiary/aromatic N) is 4. The molecule has 0 atom stereocenters. The van der Waals surface area contributed by atoms with Crippen LogP contribution in [0.1, 0.15) is 66.5 Å². The molecule has 5 rings (SSSR count). The first-order valence-corrected chi connectivity index (χ1v) is 14.2. The highest BCUT2D eigenvalue weighted by Crippen LogP contribution is 2.37. The molecular formula is C30H29F2N5O3S. The summed E-state index contributed by atoms with van der Waals surface area (Å²) < 4.78 is 32.8. The van der Waals surface area contributed by atoms with Gasteiger partial charge < -0.3 is 9.64 Å². The number of allylic oxidation sites excluding steroid dienone is 1. The van der Waals surface area contributed by atoms with Gasteiger partial charge in [-0.25, -0.2) is 8.78 Å². The van der Waals surface area contributed by atoms with E-state index in [1.165, 1.54) is 30.7 Å². The lowest BCUT2D eigenvalue weighted by Crippen LogP contribution is -2.24. The quantitative estimate of drug-likeness (QED) is 0.269. The highest BCUT2D eigenvalue weighted by Gasteiger charge is 2.23. The maximum absolute atomic E-state index is 13.7. The summed E-state index contributed by atoms with van der Waals surface area (Å²) in [5.41, 5.74) is 2.51. The molecule has 3 aromatic rings. The zero-order valence-corrected chi connectivity index (χ0v) is 23.6. The molecule has 11 heteroatoms. The Bertz CT molecular complexity index is 1550. The van der Waals surface area contributed by atoms with Crippen molar-refractivity contribution in [1.82, 2.24) is 15.2 Å². The van der Waals surface area contributed by atoms with Crippen molar-refractivity contribution < 1.29 is 23.1 Å². The Morgan fingerprint density at radius 2 is 2.00 bits per heavy atom. The molecule has 1 aliphatic carbocycles. The second kappa shape index (κ2) is 12.6. The fourth-order valence-electron chi connectivity index (χ4n) is 4.68. The summed E-state index contributed by atoms with van der Waals surface area (Å²) in [4.78, 5) is 31.1. The van der Waals surface area contributed by atoms with Crippen molar-refractivity contribution in [1.29, 1.82) is 0 Å². The van der Waals surface area contributed by atoms with E-state index in [-0.39, 0.29) is 22.2 Å². The lowest BCUT2D eigenvalue weighted by atomic mass is 9.97. The largest absolute Gasteiger partial charge is 0.494 e.